The first-order valence-corrected chi connectivity index (χ1v) is 15.6. The smallest absolute Gasteiger partial charge is 0.244 e. The Morgan fingerprint density at radius 1 is 0.949 bits per heavy atom. The molecule has 208 valence electrons. The van der Waals surface area contributed by atoms with Crippen LogP contribution in [0.3, 0.4) is 0 Å². The predicted molar refractivity (Wildman–Crippen MR) is 160 cm³/mol. The van der Waals surface area contributed by atoms with Gasteiger partial charge in [-0.05, 0) is 48.7 Å². The van der Waals surface area contributed by atoms with Crippen LogP contribution in [0.5, 0.6) is 0 Å². The third-order valence-electron chi connectivity index (χ3n) is 6.34. The number of amides is 2. The van der Waals surface area contributed by atoms with Crippen molar-refractivity contribution in [2.24, 2.45) is 0 Å². The molecule has 0 aliphatic heterocycles. The molecule has 1 N–H and O–H groups in total. The maximum absolute atomic E-state index is 14.0. The van der Waals surface area contributed by atoms with Gasteiger partial charge < -0.3 is 10.2 Å². The number of nitrogens with zero attached hydrogens (tertiary/aromatic N) is 2. The Balaban J connectivity index is 2.06. The van der Waals surface area contributed by atoms with Gasteiger partial charge in [-0.15, -0.1) is 0 Å². The molecule has 0 aliphatic carbocycles. The second kappa shape index (κ2) is 14.0. The van der Waals surface area contributed by atoms with Gasteiger partial charge >= 0.3 is 0 Å². The highest BCUT2D eigenvalue weighted by Gasteiger charge is 2.33. The van der Waals surface area contributed by atoms with Crippen LogP contribution in [-0.2, 0) is 32.6 Å². The van der Waals surface area contributed by atoms with E-state index in [2.05, 4.69) is 21.2 Å². The van der Waals surface area contributed by atoms with E-state index in [0.29, 0.717) is 0 Å². The lowest BCUT2D eigenvalue weighted by Crippen LogP contribution is -2.54. The molecule has 2 amide bonds. The SMILES string of the molecule is CC[C@@H](C)NC(=O)[C@H](Cc1ccccc1)N(Cc1ccc(Br)cc1)C(=O)CN(c1ccccc1Cl)S(C)(=O)=O. The van der Waals surface area contributed by atoms with Gasteiger partial charge in [0.05, 0.1) is 17.0 Å². The average molecular weight is 635 g/mol. The standard InChI is InChI=1S/C29H33BrClN3O4S/c1-4-21(2)32-29(36)27(18-22-10-6-5-7-11-22)33(19-23-14-16-24(30)17-15-23)28(35)20-34(39(3,37)38)26-13-9-8-12-25(26)31/h5-17,21,27H,4,18-20H2,1-3H3,(H,32,36)/t21-,27+/m1/s1. The number of halogens is 2. The summed E-state index contributed by atoms with van der Waals surface area (Å²) in [5.74, 6) is -0.828. The minimum atomic E-state index is -3.88. The molecule has 2 atom stereocenters. The summed E-state index contributed by atoms with van der Waals surface area (Å²) < 4.78 is 27.5. The zero-order chi connectivity index (χ0) is 28.6. The molecule has 7 nitrogen and oxygen atoms in total. The number of carbonyl (C=O) groups is 2. The fourth-order valence-electron chi connectivity index (χ4n) is 4.03. The van der Waals surface area contributed by atoms with Crippen molar-refractivity contribution in [2.45, 2.75) is 45.3 Å². The Bertz CT molecular complexity index is 1370. The lowest BCUT2D eigenvalue weighted by atomic mass is 10.0. The molecular weight excluding hydrogens is 602 g/mol. The third-order valence-corrected chi connectivity index (χ3v) is 8.31. The molecule has 0 bridgehead atoms. The summed E-state index contributed by atoms with van der Waals surface area (Å²) >= 11 is 9.76. The van der Waals surface area contributed by atoms with Crippen molar-refractivity contribution in [2.75, 3.05) is 17.1 Å². The Labute approximate surface area is 244 Å². The number of sulfonamides is 1. The van der Waals surface area contributed by atoms with Crippen LogP contribution in [0.1, 0.15) is 31.4 Å². The molecule has 0 heterocycles. The largest absolute Gasteiger partial charge is 0.352 e. The average Bonchev–Trinajstić information content (AvgIpc) is 2.90. The van der Waals surface area contributed by atoms with Crippen LogP contribution in [-0.4, -0.2) is 50.0 Å². The number of rotatable bonds is 12. The van der Waals surface area contributed by atoms with Gasteiger partial charge in [0.25, 0.3) is 0 Å². The minimum absolute atomic E-state index is 0.101. The minimum Gasteiger partial charge on any atom is -0.352 e. The van der Waals surface area contributed by atoms with Crippen molar-refractivity contribution in [1.29, 1.82) is 0 Å². The number of benzene rings is 3. The van der Waals surface area contributed by atoms with Gasteiger partial charge in [0.2, 0.25) is 21.8 Å². The van der Waals surface area contributed by atoms with Crippen molar-refractivity contribution < 1.29 is 18.0 Å². The van der Waals surface area contributed by atoms with Gasteiger partial charge in [0.15, 0.2) is 0 Å². The highest BCUT2D eigenvalue weighted by molar-refractivity contribution is 9.10. The number of para-hydroxylation sites is 1. The van der Waals surface area contributed by atoms with E-state index in [0.717, 1.165) is 32.6 Å². The van der Waals surface area contributed by atoms with Gasteiger partial charge in [-0.25, -0.2) is 8.42 Å². The molecule has 0 aliphatic rings. The van der Waals surface area contributed by atoms with Crippen LogP contribution < -0.4 is 9.62 Å². The van der Waals surface area contributed by atoms with E-state index < -0.39 is 28.5 Å². The van der Waals surface area contributed by atoms with Crippen LogP contribution in [0.2, 0.25) is 5.02 Å². The summed E-state index contributed by atoms with van der Waals surface area (Å²) in [6, 6.07) is 22.3. The summed E-state index contributed by atoms with van der Waals surface area (Å²) in [6.07, 6.45) is 2.01. The van der Waals surface area contributed by atoms with Crippen molar-refractivity contribution in [3.05, 3.63) is 99.5 Å². The maximum atomic E-state index is 14.0. The molecule has 3 aromatic carbocycles. The number of nitrogens with one attached hydrogen (secondary N) is 1. The zero-order valence-electron chi connectivity index (χ0n) is 22.2. The second-order valence-electron chi connectivity index (χ2n) is 9.39. The van der Waals surface area contributed by atoms with Crippen LogP contribution in [0.25, 0.3) is 0 Å². The van der Waals surface area contributed by atoms with Gasteiger partial charge in [-0.3, -0.25) is 13.9 Å². The molecule has 10 heteroatoms. The first kappa shape index (κ1) is 30.7. The molecule has 3 aromatic rings. The van der Waals surface area contributed by atoms with E-state index in [1.165, 1.54) is 4.90 Å². The Kier molecular flexibility index (Phi) is 11.0. The topological polar surface area (TPSA) is 86.8 Å². The number of carbonyl (C=O) groups excluding carboxylic acids is 2. The van der Waals surface area contributed by atoms with Crippen LogP contribution in [0.15, 0.2) is 83.3 Å². The van der Waals surface area contributed by atoms with Gasteiger partial charge in [-0.1, -0.05) is 89.1 Å². The van der Waals surface area contributed by atoms with Crippen LogP contribution in [0, 0.1) is 0 Å². The zero-order valence-corrected chi connectivity index (χ0v) is 25.3. The summed E-state index contributed by atoms with van der Waals surface area (Å²) in [5.41, 5.74) is 1.87. The van der Waals surface area contributed by atoms with Gasteiger partial charge in [-0.2, -0.15) is 0 Å². The molecule has 3 rings (SSSR count). The van der Waals surface area contributed by atoms with E-state index in [9.17, 15) is 18.0 Å². The second-order valence-corrected chi connectivity index (χ2v) is 12.6. The van der Waals surface area contributed by atoms with E-state index in [-0.39, 0.29) is 35.6 Å². The van der Waals surface area contributed by atoms with E-state index in [1.807, 2.05) is 68.4 Å². The maximum Gasteiger partial charge on any atom is 0.244 e. The van der Waals surface area contributed by atoms with Crippen molar-refractivity contribution in [3.8, 4) is 0 Å². The molecule has 0 aromatic heterocycles. The molecule has 39 heavy (non-hydrogen) atoms. The van der Waals surface area contributed by atoms with E-state index in [4.69, 9.17) is 11.6 Å². The predicted octanol–water partition coefficient (Wildman–Crippen LogP) is 5.42. The lowest BCUT2D eigenvalue weighted by Gasteiger charge is -2.34. The Morgan fingerprint density at radius 3 is 2.15 bits per heavy atom. The molecule has 0 spiro atoms. The fourth-order valence-corrected chi connectivity index (χ4v) is 5.44. The summed E-state index contributed by atoms with van der Waals surface area (Å²) in [5, 5.41) is 3.21. The lowest BCUT2D eigenvalue weighted by molar-refractivity contribution is -0.140. The molecule has 0 radical (unpaired) electrons. The van der Waals surface area contributed by atoms with E-state index in [1.54, 1.807) is 24.3 Å². The van der Waals surface area contributed by atoms with Gasteiger partial charge in [0, 0.05) is 23.5 Å². The summed E-state index contributed by atoms with van der Waals surface area (Å²) in [6.45, 7) is 3.47. The monoisotopic (exact) mass is 633 g/mol. The van der Waals surface area contributed by atoms with E-state index >= 15 is 0 Å². The molecule has 0 saturated carbocycles. The van der Waals surface area contributed by atoms with Crippen LogP contribution in [0.4, 0.5) is 5.69 Å². The third kappa shape index (κ3) is 8.81. The summed E-state index contributed by atoms with van der Waals surface area (Å²) in [4.78, 5) is 29.1. The molecule has 0 unspecified atom stereocenters. The number of anilines is 1. The van der Waals surface area contributed by atoms with Crippen LogP contribution >= 0.6 is 27.5 Å². The Hall–Kier alpha value is -2.88. The van der Waals surface area contributed by atoms with Crippen molar-refractivity contribution in [1.82, 2.24) is 10.2 Å². The fraction of sp³-hybridized carbons (Fsp3) is 0.310. The number of hydrogen-bond donors (Lipinski definition) is 1. The molecule has 0 saturated heterocycles. The first-order valence-electron chi connectivity index (χ1n) is 12.6. The highest BCUT2D eigenvalue weighted by Crippen LogP contribution is 2.28. The van der Waals surface area contributed by atoms with Crippen molar-refractivity contribution >= 4 is 55.1 Å². The molecule has 0 fully saturated rings. The summed E-state index contributed by atoms with van der Waals surface area (Å²) in [7, 11) is -3.88. The van der Waals surface area contributed by atoms with Crippen molar-refractivity contribution in [3.63, 3.8) is 0 Å². The Morgan fingerprint density at radius 2 is 1.56 bits per heavy atom. The first-order chi connectivity index (χ1) is 18.5. The quantitative estimate of drug-likeness (QED) is 0.288. The normalized spacial score (nSPS) is 12.8. The number of hydrogen-bond acceptors (Lipinski definition) is 4. The molecular formula is C29H33BrClN3O4S. The highest BCUT2D eigenvalue weighted by atomic mass is 79.9. The van der Waals surface area contributed by atoms with Gasteiger partial charge in [0.1, 0.15) is 12.6 Å².